The lowest BCUT2D eigenvalue weighted by atomic mass is 9.66. The van der Waals surface area contributed by atoms with Crippen molar-refractivity contribution in [2.24, 2.45) is 11.3 Å². The molecule has 1 fully saturated rings. The molecule has 0 amide bonds. The third kappa shape index (κ3) is 2.84. The zero-order chi connectivity index (χ0) is 16.1. The van der Waals surface area contributed by atoms with Crippen molar-refractivity contribution in [2.75, 3.05) is 0 Å². The molecule has 2 aliphatic carbocycles. The van der Waals surface area contributed by atoms with E-state index in [9.17, 15) is 4.79 Å². The van der Waals surface area contributed by atoms with Gasteiger partial charge < -0.3 is 4.43 Å². The van der Waals surface area contributed by atoms with Crippen LogP contribution < -0.4 is 0 Å². The smallest absolute Gasteiger partial charge is 0.192 e. The molecule has 0 unspecified atom stereocenters. The highest BCUT2D eigenvalue weighted by molar-refractivity contribution is 9.11. The van der Waals surface area contributed by atoms with Gasteiger partial charge in [0.25, 0.3) is 0 Å². The quantitative estimate of drug-likeness (QED) is 0.603. The second-order valence-corrected chi connectivity index (χ2v) is 13.9. The van der Waals surface area contributed by atoms with E-state index in [4.69, 9.17) is 4.43 Å². The van der Waals surface area contributed by atoms with E-state index in [2.05, 4.69) is 62.8 Å². The van der Waals surface area contributed by atoms with Crippen LogP contribution in [0.4, 0.5) is 0 Å². The Kier molecular flexibility index (Phi) is 4.65. The van der Waals surface area contributed by atoms with Crippen LogP contribution in [0.2, 0.25) is 18.1 Å². The maximum absolute atomic E-state index is 12.7. The van der Waals surface area contributed by atoms with Crippen LogP contribution in [0.15, 0.2) is 10.6 Å². The van der Waals surface area contributed by atoms with Crippen LogP contribution in [0.25, 0.3) is 0 Å². The number of carbonyl (C=O) groups is 1. The molecule has 0 saturated heterocycles. The topological polar surface area (TPSA) is 26.3 Å². The molecule has 0 heterocycles. The van der Waals surface area contributed by atoms with Crippen molar-refractivity contribution in [1.82, 2.24) is 0 Å². The summed E-state index contributed by atoms with van der Waals surface area (Å²) >= 11 is 3.68. The van der Waals surface area contributed by atoms with Crippen molar-refractivity contribution in [1.29, 1.82) is 0 Å². The number of hydrogen-bond donors (Lipinski definition) is 0. The first-order valence-corrected chi connectivity index (χ1v) is 11.8. The Balaban J connectivity index is 2.36. The van der Waals surface area contributed by atoms with Gasteiger partial charge in [-0.3, -0.25) is 4.79 Å². The monoisotopic (exact) mass is 372 g/mol. The molecule has 0 aliphatic heterocycles. The van der Waals surface area contributed by atoms with Crippen LogP contribution in [0.1, 0.15) is 53.4 Å². The van der Waals surface area contributed by atoms with Crippen molar-refractivity contribution in [3.63, 3.8) is 0 Å². The van der Waals surface area contributed by atoms with Crippen molar-refractivity contribution < 1.29 is 9.22 Å². The van der Waals surface area contributed by atoms with E-state index in [-0.39, 0.29) is 22.5 Å². The Labute approximate surface area is 139 Å². The van der Waals surface area contributed by atoms with Crippen molar-refractivity contribution >= 4 is 30.0 Å². The van der Waals surface area contributed by atoms with Gasteiger partial charge in [-0.1, -0.05) is 49.7 Å². The summed E-state index contributed by atoms with van der Waals surface area (Å²) in [5.74, 6) is 0.666. The van der Waals surface area contributed by atoms with Gasteiger partial charge in [0.2, 0.25) is 0 Å². The van der Waals surface area contributed by atoms with Gasteiger partial charge in [0, 0.05) is 12.3 Å². The molecule has 1 spiro atoms. The Morgan fingerprint density at radius 2 is 2.00 bits per heavy atom. The lowest BCUT2D eigenvalue weighted by Gasteiger charge is -2.48. The van der Waals surface area contributed by atoms with Gasteiger partial charge in [-0.2, -0.15) is 0 Å². The SMILES string of the molecule is C[C@@H]1C(Br)=CC[C@@H](O[Si](C)(C)C(C)(C)C)[C@@]12CCCC2=O. The Bertz CT molecular complexity index is 464. The summed E-state index contributed by atoms with van der Waals surface area (Å²) in [7, 11) is -1.86. The van der Waals surface area contributed by atoms with Gasteiger partial charge >= 0.3 is 0 Å². The molecule has 4 heteroatoms. The molecule has 0 N–H and O–H groups in total. The number of allylic oxidation sites excluding steroid dienone is 1. The summed E-state index contributed by atoms with van der Waals surface area (Å²) < 4.78 is 7.91. The summed E-state index contributed by atoms with van der Waals surface area (Å²) in [6.07, 6.45) is 5.87. The zero-order valence-electron chi connectivity index (χ0n) is 14.3. The molecule has 3 atom stereocenters. The molecule has 0 aromatic rings. The molecule has 2 aliphatic rings. The highest BCUT2D eigenvalue weighted by Gasteiger charge is 2.56. The minimum absolute atomic E-state index is 0.0599. The number of halogens is 1. The van der Waals surface area contributed by atoms with Crippen LogP contribution in [0.5, 0.6) is 0 Å². The van der Waals surface area contributed by atoms with Crippen molar-refractivity contribution in [3.8, 4) is 0 Å². The number of rotatable bonds is 2. The average molecular weight is 373 g/mol. The van der Waals surface area contributed by atoms with E-state index in [1.165, 1.54) is 4.48 Å². The Morgan fingerprint density at radius 1 is 1.38 bits per heavy atom. The van der Waals surface area contributed by atoms with Crippen LogP contribution in [0.3, 0.4) is 0 Å². The molecule has 0 aromatic heterocycles. The molecular formula is C17H29BrO2Si. The molecular weight excluding hydrogens is 344 g/mol. The van der Waals surface area contributed by atoms with Crippen molar-refractivity contribution in [2.45, 2.75) is 77.6 Å². The molecule has 0 bridgehead atoms. The summed E-state index contributed by atoms with van der Waals surface area (Å²) in [6, 6.07) is 0. The third-order valence-electron chi connectivity index (χ3n) is 6.04. The first-order valence-electron chi connectivity index (χ1n) is 8.09. The molecule has 0 aromatic carbocycles. The first-order chi connectivity index (χ1) is 9.52. The predicted molar refractivity (Wildman–Crippen MR) is 94.2 cm³/mol. The predicted octanol–water partition coefficient (Wildman–Crippen LogP) is 5.43. The van der Waals surface area contributed by atoms with Crippen LogP contribution in [-0.4, -0.2) is 20.2 Å². The maximum Gasteiger partial charge on any atom is 0.192 e. The Morgan fingerprint density at radius 3 is 2.48 bits per heavy atom. The molecule has 0 radical (unpaired) electrons. The second-order valence-electron chi connectivity index (χ2n) is 8.23. The highest BCUT2D eigenvalue weighted by atomic mass is 79.9. The zero-order valence-corrected chi connectivity index (χ0v) is 16.8. The van der Waals surface area contributed by atoms with Crippen molar-refractivity contribution in [3.05, 3.63) is 10.6 Å². The highest BCUT2D eigenvalue weighted by Crippen LogP contribution is 2.54. The van der Waals surface area contributed by atoms with Gasteiger partial charge in [0.15, 0.2) is 8.32 Å². The average Bonchev–Trinajstić information content (AvgIpc) is 2.72. The minimum atomic E-state index is -1.86. The van der Waals surface area contributed by atoms with Gasteiger partial charge in [-0.15, -0.1) is 0 Å². The fourth-order valence-corrected chi connectivity index (χ4v) is 5.50. The van der Waals surface area contributed by atoms with Gasteiger partial charge in [-0.25, -0.2) is 0 Å². The van der Waals surface area contributed by atoms with E-state index < -0.39 is 8.32 Å². The lowest BCUT2D eigenvalue weighted by Crippen LogP contribution is -2.54. The van der Waals surface area contributed by atoms with E-state index in [1.54, 1.807) is 0 Å². The standard InChI is InChI=1S/C17H29BrO2Si/c1-12-13(18)9-10-15(17(12)11-7-8-14(17)19)20-21(5,6)16(2,3)4/h9,12,15H,7-8,10-11H2,1-6H3/t12-,15-,17+/m1/s1. The summed E-state index contributed by atoms with van der Waals surface area (Å²) in [5.41, 5.74) is -0.289. The minimum Gasteiger partial charge on any atom is -0.413 e. The summed E-state index contributed by atoms with van der Waals surface area (Å²) in [6.45, 7) is 13.6. The summed E-state index contributed by atoms with van der Waals surface area (Å²) in [4.78, 5) is 12.7. The summed E-state index contributed by atoms with van der Waals surface area (Å²) in [5, 5.41) is 0.178. The van der Waals surface area contributed by atoms with Crippen LogP contribution >= 0.6 is 15.9 Å². The second kappa shape index (κ2) is 5.61. The number of hydrogen-bond acceptors (Lipinski definition) is 2. The number of carbonyl (C=O) groups excluding carboxylic acids is 1. The number of ketones is 1. The molecule has 21 heavy (non-hydrogen) atoms. The first kappa shape index (κ1) is 17.4. The number of Topliss-reactive ketones (excluding diaryl/α,β-unsaturated/α-hetero) is 1. The van der Waals surface area contributed by atoms with Crippen LogP contribution in [-0.2, 0) is 9.22 Å². The molecule has 2 nitrogen and oxygen atoms in total. The largest absolute Gasteiger partial charge is 0.413 e. The maximum atomic E-state index is 12.7. The molecule has 2 rings (SSSR count). The lowest BCUT2D eigenvalue weighted by molar-refractivity contribution is -0.134. The Hall–Kier alpha value is 0.0669. The third-order valence-corrected chi connectivity index (χ3v) is 11.5. The van der Waals surface area contributed by atoms with E-state index >= 15 is 0 Å². The van der Waals surface area contributed by atoms with Gasteiger partial charge in [0.1, 0.15) is 5.78 Å². The van der Waals surface area contributed by atoms with E-state index in [0.29, 0.717) is 5.78 Å². The van der Waals surface area contributed by atoms with E-state index in [1.807, 2.05) is 0 Å². The molecule has 1 saturated carbocycles. The van der Waals surface area contributed by atoms with E-state index in [0.717, 1.165) is 25.7 Å². The fraction of sp³-hybridized carbons (Fsp3) is 0.824. The van der Waals surface area contributed by atoms with Crippen LogP contribution in [0, 0.1) is 11.3 Å². The van der Waals surface area contributed by atoms with Gasteiger partial charge in [0.05, 0.1) is 11.5 Å². The van der Waals surface area contributed by atoms with Gasteiger partial charge in [-0.05, 0) is 41.9 Å². The molecule has 120 valence electrons. The fourth-order valence-electron chi connectivity index (χ4n) is 3.53. The normalized spacial score (nSPS) is 34.4.